The van der Waals surface area contributed by atoms with Crippen molar-refractivity contribution in [3.63, 3.8) is 0 Å². The van der Waals surface area contributed by atoms with E-state index in [4.69, 9.17) is 27.9 Å². The topological polar surface area (TPSA) is 42.4 Å². The number of carbonyl (C=O) groups excluding carboxylic acids is 1. The lowest BCUT2D eigenvalue weighted by atomic mass is 9.93. The number of allylic oxidation sites excluding steroid dienone is 5. The predicted molar refractivity (Wildman–Crippen MR) is 107 cm³/mol. The third-order valence-corrected chi connectivity index (χ3v) is 4.46. The molecule has 0 radical (unpaired) electrons. The van der Waals surface area contributed by atoms with Gasteiger partial charge in [-0.2, -0.15) is 0 Å². The van der Waals surface area contributed by atoms with Gasteiger partial charge in [-0.3, -0.25) is 4.98 Å². The number of hydrogen-bond donors (Lipinski definition) is 0. The summed E-state index contributed by atoms with van der Waals surface area (Å²) in [6.45, 7) is 9.45. The number of likely N-dealkylation sites (tertiary alicyclic amines) is 1. The van der Waals surface area contributed by atoms with Crippen molar-refractivity contribution in [1.29, 1.82) is 0 Å². The summed E-state index contributed by atoms with van der Waals surface area (Å²) in [5.74, 6) is 0.0258. The Balaban J connectivity index is 2.02. The van der Waals surface area contributed by atoms with E-state index in [0.717, 1.165) is 30.0 Å². The maximum absolute atomic E-state index is 12.0. The molecule has 0 unspecified atom stereocenters. The van der Waals surface area contributed by atoms with Gasteiger partial charge >= 0.3 is 5.97 Å². The second-order valence-electron chi connectivity index (χ2n) is 6.32. The van der Waals surface area contributed by atoms with E-state index in [1.54, 1.807) is 19.1 Å². The van der Waals surface area contributed by atoms with Gasteiger partial charge in [-0.15, -0.1) is 0 Å². The van der Waals surface area contributed by atoms with Crippen LogP contribution in [0.25, 0.3) is 0 Å². The summed E-state index contributed by atoms with van der Waals surface area (Å²) in [7, 11) is 0. The minimum absolute atomic E-state index is 0.306. The molecule has 0 aromatic carbocycles. The lowest BCUT2D eigenvalue weighted by Crippen LogP contribution is -2.41. The van der Waals surface area contributed by atoms with Crippen molar-refractivity contribution in [1.82, 2.24) is 9.88 Å². The summed E-state index contributed by atoms with van der Waals surface area (Å²) < 4.78 is 5.11. The van der Waals surface area contributed by atoms with Crippen LogP contribution in [0, 0.1) is 13.8 Å². The third-order valence-electron chi connectivity index (χ3n) is 4.11. The molecule has 2 heterocycles. The van der Waals surface area contributed by atoms with Crippen molar-refractivity contribution < 1.29 is 9.53 Å². The van der Waals surface area contributed by atoms with Gasteiger partial charge in [-0.1, -0.05) is 29.3 Å². The standard InChI is InChI=1S/C20H24Cl2N2O2/c1-5-26-20(25)19-13(2)9-18(23-15(19)4)16-10-24(11-16)12-17(22)8-6-7-14(3)21/h6-9,12,16H,5,10-11H2,1-4H3/b8-6-,14-7+,17-12-. The quantitative estimate of drug-likeness (QED) is 0.499. The monoisotopic (exact) mass is 394 g/mol. The van der Waals surface area contributed by atoms with Crippen LogP contribution < -0.4 is 0 Å². The summed E-state index contributed by atoms with van der Waals surface area (Å²) in [4.78, 5) is 18.8. The zero-order valence-corrected chi connectivity index (χ0v) is 17.1. The lowest BCUT2D eigenvalue weighted by Gasteiger charge is -2.38. The smallest absolute Gasteiger partial charge is 0.340 e. The zero-order valence-electron chi connectivity index (χ0n) is 15.6. The molecule has 1 aromatic rings. The minimum atomic E-state index is -0.306. The van der Waals surface area contributed by atoms with E-state index >= 15 is 0 Å². The summed E-state index contributed by atoms with van der Waals surface area (Å²) >= 11 is 12.0. The van der Waals surface area contributed by atoms with Crippen LogP contribution in [0.2, 0.25) is 0 Å². The Bertz CT molecular complexity index is 736. The van der Waals surface area contributed by atoms with Crippen molar-refractivity contribution in [2.45, 2.75) is 33.6 Å². The molecule has 0 bridgehead atoms. The van der Waals surface area contributed by atoms with Crippen LogP contribution in [0.4, 0.5) is 0 Å². The second kappa shape index (κ2) is 9.24. The van der Waals surface area contributed by atoms with Gasteiger partial charge < -0.3 is 9.64 Å². The molecule has 1 fully saturated rings. The molecule has 26 heavy (non-hydrogen) atoms. The fourth-order valence-corrected chi connectivity index (χ4v) is 3.16. The Morgan fingerprint density at radius 1 is 1.38 bits per heavy atom. The fourth-order valence-electron chi connectivity index (χ4n) is 2.88. The highest BCUT2D eigenvalue weighted by atomic mass is 35.5. The van der Waals surface area contributed by atoms with Gasteiger partial charge in [0.25, 0.3) is 0 Å². The van der Waals surface area contributed by atoms with Crippen LogP contribution in [-0.2, 0) is 4.74 Å². The molecule has 140 valence electrons. The number of ether oxygens (including phenoxy) is 1. The van der Waals surface area contributed by atoms with Crippen LogP contribution in [-0.4, -0.2) is 35.5 Å². The number of halogens is 2. The van der Waals surface area contributed by atoms with Gasteiger partial charge in [0.05, 0.1) is 22.9 Å². The average Bonchev–Trinajstić information content (AvgIpc) is 2.49. The number of esters is 1. The molecule has 2 rings (SSSR count). The van der Waals surface area contributed by atoms with Gasteiger partial charge in [0.15, 0.2) is 0 Å². The number of pyridine rings is 1. The Labute approximate surface area is 165 Å². The van der Waals surface area contributed by atoms with Gasteiger partial charge in [0.1, 0.15) is 0 Å². The molecule has 6 heteroatoms. The molecule has 1 aliphatic heterocycles. The number of nitrogens with zero attached hydrogens (tertiary/aromatic N) is 2. The minimum Gasteiger partial charge on any atom is -0.462 e. The second-order valence-corrected chi connectivity index (χ2v) is 7.35. The molecule has 1 aliphatic rings. The van der Waals surface area contributed by atoms with E-state index < -0.39 is 0 Å². The van der Waals surface area contributed by atoms with Crippen molar-refractivity contribution in [3.8, 4) is 0 Å². The molecule has 0 saturated carbocycles. The molecule has 1 saturated heterocycles. The number of hydrogen-bond acceptors (Lipinski definition) is 4. The summed E-state index contributed by atoms with van der Waals surface area (Å²) in [5, 5.41) is 1.36. The number of aromatic nitrogens is 1. The van der Waals surface area contributed by atoms with Crippen LogP contribution in [0.3, 0.4) is 0 Å². The SMILES string of the molecule is CCOC(=O)c1c(C)cc(C2CN(/C=C(Cl)/C=C\C=C(/C)Cl)C2)nc1C. The first-order chi connectivity index (χ1) is 12.3. The van der Waals surface area contributed by atoms with Crippen LogP contribution in [0.15, 0.2) is 40.6 Å². The van der Waals surface area contributed by atoms with E-state index in [-0.39, 0.29) is 5.97 Å². The predicted octanol–water partition coefficient (Wildman–Crippen LogP) is 5.05. The molecule has 0 spiro atoms. The zero-order chi connectivity index (χ0) is 19.3. The molecule has 0 aliphatic carbocycles. The number of aryl methyl sites for hydroxylation is 2. The van der Waals surface area contributed by atoms with Crippen LogP contribution in [0.1, 0.15) is 47.1 Å². The highest BCUT2D eigenvalue weighted by molar-refractivity contribution is 6.31. The maximum atomic E-state index is 12.0. The van der Waals surface area contributed by atoms with Gasteiger partial charge in [0, 0.05) is 35.9 Å². The summed E-state index contributed by atoms with van der Waals surface area (Å²) in [6, 6.07) is 1.99. The third kappa shape index (κ3) is 5.36. The Hall–Kier alpha value is -1.78. The van der Waals surface area contributed by atoms with Gasteiger partial charge in [0.2, 0.25) is 0 Å². The van der Waals surface area contributed by atoms with E-state index in [9.17, 15) is 4.79 Å². The van der Waals surface area contributed by atoms with Gasteiger partial charge in [-0.05, 0) is 51.5 Å². The molecular weight excluding hydrogens is 371 g/mol. The van der Waals surface area contributed by atoms with E-state index in [0.29, 0.717) is 28.2 Å². The normalized spacial score (nSPS) is 16.2. The van der Waals surface area contributed by atoms with Crippen molar-refractivity contribution in [3.05, 3.63) is 63.1 Å². The first kappa shape index (κ1) is 20.5. The largest absolute Gasteiger partial charge is 0.462 e. The molecule has 1 aromatic heterocycles. The van der Waals surface area contributed by atoms with Crippen molar-refractivity contribution in [2.24, 2.45) is 0 Å². The molecule has 0 N–H and O–H groups in total. The van der Waals surface area contributed by atoms with Crippen molar-refractivity contribution >= 4 is 29.2 Å². The average molecular weight is 395 g/mol. The fraction of sp³-hybridized carbons (Fsp3) is 0.400. The first-order valence-electron chi connectivity index (χ1n) is 8.59. The highest BCUT2D eigenvalue weighted by Crippen LogP contribution is 2.29. The molecule has 0 atom stereocenters. The van der Waals surface area contributed by atoms with E-state index in [1.807, 2.05) is 39.1 Å². The first-order valence-corrected chi connectivity index (χ1v) is 9.34. The van der Waals surface area contributed by atoms with Crippen LogP contribution in [0.5, 0.6) is 0 Å². The molecule has 4 nitrogen and oxygen atoms in total. The Morgan fingerprint density at radius 3 is 2.65 bits per heavy atom. The number of rotatable bonds is 6. The Kier molecular flexibility index (Phi) is 7.30. The maximum Gasteiger partial charge on any atom is 0.340 e. The molecule has 0 amide bonds. The summed E-state index contributed by atoms with van der Waals surface area (Å²) in [6.07, 6.45) is 7.33. The van der Waals surface area contributed by atoms with Crippen molar-refractivity contribution in [2.75, 3.05) is 19.7 Å². The van der Waals surface area contributed by atoms with E-state index in [1.165, 1.54) is 0 Å². The summed E-state index contributed by atoms with van der Waals surface area (Å²) in [5.41, 5.74) is 3.20. The highest BCUT2D eigenvalue weighted by Gasteiger charge is 2.28. The Morgan fingerprint density at radius 2 is 2.08 bits per heavy atom. The van der Waals surface area contributed by atoms with E-state index in [2.05, 4.69) is 9.88 Å². The van der Waals surface area contributed by atoms with Gasteiger partial charge in [-0.25, -0.2) is 4.79 Å². The lowest BCUT2D eigenvalue weighted by molar-refractivity contribution is 0.0524. The van der Waals surface area contributed by atoms with Crippen LogP contribution >= 0.6 is 23.2 Å². The molecular formula is C20H24Cl2N2O2. The number of carbonyl (C=O) groups is 1.